The Kier molecular flexibility index (Phi) is 3.35. The Morgan fingerprint density at radius 3 is 2.75 bits per heavy atom. The van der Waals surface area contributed by atoms with Gasteiger partial charge < -0.3 is 9.73 Å². The molecule has 0 fully saturated rings. The van der Waals surface area contributed by atoms with Crippen molar-refractivity contribution < 1.29 is 9.21 Å². The van der Waals surface area contributed by atoms with Gasteiger partial charge in [0.15, 0.2) is 0 Å². The molecule has 0 saturated heterocycles. The van der Waals surface area contributed by atoms with Crippen molar-refractivity contribution in [3.8, 4) is 5.69 Å². The van der Waals surface area contributed by atoms with Crippen molar-refractivity contribution in [3.63, 3.8) is 0 Å². The molecule has 6 nitrogen and oxygen atoms in total. The first-order valence-electron chi connectivity index (χ1n) is 7.46. The molecule has 2 aromatic carbocycles. The fourth-order valence-electron chi connectivity index (χ4n) is 2.60. The van der Waals surface area contributed by atoms with Crippen molar-refractivity contribution in [1.29, 1.82) is 0 Å². The van der Waals surface area contributed by atoms with Crippen molar-refractivity contribution in [2.45, 2.75) is 6.92 Å². The molecule has 2 heterocycles. The predicted octanol–water partition coefficient (Wildman–Crippen LogP) is 3.57. The van der Waals surface area contributed by atoms with E-state index in [0.29, 0.717) is 11.3 Å². The van der Waals surface area contributed by atoms with Crippen molar-refractivity contribution in [2.75, 3.05) is 5.32 Å². The molecule has 0 saturated carbocycles. The highest BCUT2D eigenvalue weighted by molar-refractivity contribution is 6.06. The number of furan rings is 1. The van der Waals surface area contributed by atoms with E-state index in [0.717, 1.165) is 22.4 Å². The van der Waals surface area contributed by atoms with Gasteiger partial charge in [-0.2, -0.15) is 0 Å². The Morgan fingerprint density at radius 2 is 1.92 bits per heavy atom. The number of fused-ring (bicyclic) bond motifs is 1. The zero-order valence-corrected chi connectivity index (χ0v) is 12.9. The summed E-state index contributed by atoms with van der Waals surface area (Å²) >= 11 is 0. The van der Waals surface area contributed by atoms with Crippen LogP contribution in [0.2, 0.25) is 0 Å². The number of nitrogens with one attached hydrogen (secondary N) is 1. The van der Waals surface area contributed by atoms with E-state index in [9.17, 15) is 4.79 Å². The Morgan fingerprint density at radius 1 is 1.08 bits per heavy atom. The number of aromatic nitrogens is 3. The van der Waals surface area contributed by atoms with E-state index < -0.39 is 0 Å². The molecule has 0 aliphatic rings. The van der Waals surface area contributed by atoms with E-state index in [1.54, 1.807) is 23.3 Å². The van der Waals surface area contributed by atoms with Crippen LogP contribution in [0, 0.1) is 6.92 Å². The second kappa shape index (κ2) is 5.66. The summed E-state index contributed by atoms with van der Waals surface area (Å²) in [6.07, 6.45) is 3.21. The van der Waals surface area contributed by atoms with Crippen LogP contribution in [0.25, 0.3) is 16.7 Å². The summed E-state index contributed by atoms with van der Waals surface area (Å²) in [6.45, 7) is 1.89. The van der Waals surface area contributed by atoms with Crippen LogP contribution in [-0.2, 0) is 0 Å². The minimum Gasteiger partial charge on any atom is -0.461 e. The SMILES string of the molecule is Cc1cc2cc(C(=O)Nc3cccc(-n4cnnc4)c3)ccc2o1. The standard InChI is InChI=1S/C18H14N4O2/c1-12-7-14-8-13(5-6-17(14)24-12)18(23)21-15-3-2-4-16(9-15)22-10-19-20-11-22/h2-11H,1H3,(H,21,23). The van der Waals surface area contributed by atoms with Gasteiger partial charge in [-0.1, -0.05) is 6.07 Å². The zero-order chi connectivity index (χ0) is 16.5. The highest BCUT2D eigenvalue weighted by Crippen LogP contribution is 2.21. The largest absolute Gasteiger partial charge is 0.461 e. The van der Waals surface area contributed by atoms with E-state index in [-0.39, 0.29) is 5.91 Å². The van der Waals surface area contributed by atoms with E-state index in [4.69, 9.17) is 4.42 Å². The first kappa shape index (κ1) is 14.2. The van der Waals surface area contributed by atoms with Crippen molar-refractivity contribution in [2.24, 2.45) is 0 Å². The van der Waals surface area contributed by atoms with Gasteiger partial charge in [-0.15, -0.1) is 10.2 Å². The number of rotatable bonds is 3. The monoisotopic (exact) mass is 318 g/mol. The van der Waals surface area contributed by atoms with Gasteiger partial charge in [0.1, 0.15) is 24.0 Å². The van der Waals surface area contributed by atoms with Crippen LogP contribution in [0.5, 0.6) is 0 Å². The lowest BCUT2D eigenvalue weighted by atomic mass is 10.1. The molecule has 0 spiro atoms. The van der Waals surface area contributed by atoms with Crippen molar-refractivity contribution >= 4 is 22.6 Å². The van der Waals surface area contributed by atoms with Crippen LogP contribution in [-0.4, -0.2) is 20.7 Å². The Bertz CT molecular complexity index is 1020. The molecule has 0 atom stereocenters. The lowest BCUT2D eigenvalue weighted by Gasteiger charge is -2.08. The van der Waals surface area contributed by atoms with E-state index in [1.807, 2.05) is 49.4 Å². The van der Waals surface area contributed by atoms with Gasteiger partial charge in [-0.25, -0.2) is 0 Å². The quantitative estimate of drug-likeness (QED) is 0.626. The summed E-state index contributed by atoms with van der Waals surface area (Å²) in [6, 6.07) is 14.8. The highest BCUT2D eigenvalue weighted by atomic mass is 16.3. The summed E-state index contributed by atoms with van der Waals surface area (Å²) in [4.78, 5) is 12.5. The van der Waals surface area contributed by atoms with Gasteiger partial charge >= 0.3 is 0 Å². The Balaban J connectivity index is 1.60. The van der Waals surface area contributed by atoms with Crippen LogP contribution < -0.4 is 5.32 Å². The minimum atomic E-state index is -0.170. The summed E-state index contributed by atoms with van der Waals surface area (Å²) < 4.78 is 7.31. The lowest BCUT2D eigenvalue weighted by molar-refractivity contribution is 0.102. The maximum absolute atomic E-state index is 12.5. The molecule has 0 bridgehead atoms. The van der Waals surface area contributed by atoms with Gasteiger partial charge in [0.05, 0.1) is 5.69 Å². The number of benzene rings is 2. The number of carbonyl (C=O) groups is 1. The summed E-state index contributed by atoms with van der Waals surface area (Å²) in [5, 5.41) is 11.4. The summed E-state index contributed by atoms with van der Waals surface area (Å²) in [5.74, 6) is 0.654. The number of anilines is 1. The van der Waals surface area contributed by atoms with Crippen LogP contribution in [0.1, 0.15) is 16.1 Å². The molecule has 4 aromatic rings. The predicted molar refractivity (Wildman–Crippen MR) is 90.3 cm³/mol. The third kappa shape index (κ3) is 2.65. The zero-order valence-electron chi connectivity index (χ0n) is 12.9. The van der Waals surface area contributed by atoms with Crippen LogP contribution in [0.15, 0.2) is 65.6 Å². The van der Waals surface area contributed by atoms with Gasteiger partial charge in [0.25, 0.3) is 5.91 Å². The molecule has 6 heteroatoms. The summed E-state index contributed by atoms with van der Waals surface area (Å²) in [5.41, 5.74) is 2.94. The molecule has 1 N–H and O–H groups in total. The number of carbonyl (C=O) groups excluding carboxylic acids is 1. The van der Waals surface area contributed by atoms with Gasteiger partial charge in [-0.05, 0) is 49.4 Å². The third-order valence-electron chi connectivity index (χ3n) is 3.72. The first-order valence-corrected chi connectivity index (χ1v) is 7.46. The van der Waals surface area contributed by atoms with E-state index in [2.05, 4.69) is 15.5 Å². The molecule has 1 amide bonds. The van der Waals surface area contributed by atoms with E-state index >= 15 is 0 Å². The van der Waals surface area contributed by atoms with Crippen LogP contribution in [0.4, 0.5) is 5.69 Å². The second-order valence-electron chi connectivity index (χ2n) is 5.48. The van der Waals surface area contributed by atoms with Crippen molar-refractivity contribution in [1.82, 2.24) is 14.8 Å². The fraction of sp³-hybridized carbons (Fsp3) is 0.0556. The lowest BCUT2D eigenvalue weighted by Crippen LogP contribution is -2.11. The molecular weight excluding hydrogens is 304 g/mol. The smallest absolute Gasteiger partial charge is 0.255 e. The molecule has 0 unspecified atom stereocenters. The minimum absolute atomic E-state index is 0.170. The van der Waals surface area contributed by atoms with Gasteiger partial charge in [0.2, 0.25) is 0 Å². The molecule has 0 radical (unpaired) electrons. The van der Waals surface area contributed by atoms with Crippen molar-refractivity contribution in [3.05, 3.63) is 72.5 Å². The normalized spacial score (nSPS) is 10.9. The highest BCUT2D eigenvalue weighted by Gasteiger charge is 2.09. The van der Waals surface area contributed by atoms with Gasteiger partial charge in [-0.3, -0.25) is 9.36 Å². The van der Waals surface area contributed by atoms with Crippen LogP contribution in [0.3, 0.4) is 0 Å². The number of hydrogen-bond donors (Lipinski definition) is 1. The fourth-order valence-corrected chi connectivity index (χ4v) is 2.60. The summed E-state index contributed by atoms with van der Waals surface area (Å²) in [7, 11) is 0. The number of nitrogens with zero attached hydrogens (tertiary/aromatic N) is 3. The second-order valence-corrected chi connectivity index (χ2v) is 5.48. The molecule has 2 aromatic heterocycles. The van der Waals surface area contributed by atoms with Gasteiger partial charge in [0, 0.05) is 16.6 Å². The topological polar surface area (TPSA) is 73.0 Å². The molecule has 4 rings (SSSR count). The van der Waals surface area contributed by atoms with E-state index in [1.165, 1.54) is 0 Å². The Hall–Kier alpha value is -3.41. The maximum Gasteiger partial charge on any atom is 0.255 e. The first-order chi connectivity index (χ1) is 11.7. The maximum atomic E-state index is 12.5. The van der Waals surface area contributed by atoms with Crippen LogP contribution >= 0.6 is 0 Å². The average Bonchev–Trinajstić information content (AvgIpc) is 3.22. The molecular formula is C18H14N4O2. The molecule has 118 valence electrons. The third-order valence-corrected chi connectivity index (χ3v) is 3.72. The molecule has 24 heavy (non-hydrogen) atoms. The number of aryl methyl sites for hydroxylation is 1. The Labute approximate surface area is 137 Å². The number of amides is 1. The average molecular weight is 318 g/mol. The number of hydrogen-bond acceptors (Lipinski definition) is 4. The molecule has 0 aliphatic carbocycles. The molecule has 0 aliphatic heterocycles.